The third-order valence-corrected chi connectivity index (χ3v) is 6.98. The van der Waals surface area contributed by atoms with Crippen molar-refractivity contribution in [3.05, 3.63) is 41.5 Å². The van der Waals surface area contributed by atoms with Gasteiger partial charge >= 0.3 is 5.97 Å². The summed E-state index contributed by atoms with van der Waals surface area (Å²) < 4.78 is 5.55. The fraction of sp³-hybridized carbons (Fsp3) is 0.500. The lowest BCUT2D eigenvalue weighted by Gasteiger charge is -2.37. The lowest BCUT2D eigenvalue weighted by molar-refractivity contribution is -0.152. The number of likely N-dealkylation sites (tertiary alicyclic amines) is 1. The highest BCUT2D eigenvalue weighted by Crippen LogP contribution is 2.65. The van der Waals surface area contributed by atoms with Crippen LogP contribution in [0, 0.1) is 49.4 Å². The Labute approximate surface area is 158 Å². The van der Waals surface area contributed by atoms with Crippen molar-refractivity contribution in [2.24, 2.45) is 35.5 Å². The molecule has 3 fully saturated rings. The van der Waals surface area contributed by atoms with E-state index in [0.29, 0.717) is 17.6 Å². The van der Waals surface area contributed by atoms with Crippen molar-refractivity contribution in [1.82, 2.24) is 4.90 Å². The highest BCUT2D eigenvalue weighted by Gasteiger charge is 2.67. The van der Waals surface area contributed by atoms with Gasteiger partial charge in [0.2, 0.25) is 11.8 Å². The average molecular weight is 365 g/mol. The first-order valence-corrected chi connectivity index (χ1v) is 9.72. The molecule has 1 heterocycles. The van der Waals surface area contributed by atoms with Crippen LogP contribution in [0.2, 0.25) is 0 Å². The fourth-order valence-corrected chi connectivity index (χ4v) is 5.48. The van der Waals surface area contributed by atoms with Gasteiger partial charge in [-0.3, -0.25) is 14.5 Å². The SMILES string of the molecule is Cc1ccc(C)c(OC(=O)[C@H](C)N2C(=O)[C@H]3[C@@H]4C=C[C@H]([C@@H]5C[C@H]45)[C@@H]3C2=O)c1. The van der Waals surface area contributed by atoms with Gasteiger partial charge in [-0.15, -0.1) is 0 Å². The van der Waals surface area contributed by atoms with E-state index in [1.54, 1.807) is 13.0 Å². The summed E-state index contributed by atoms with van der Waals surface area (Å²) >= 11 is 0. The maximum absolute atomic E-state index is 13.1. The summed E-state index contributed by atoms with van der Waals surface area (Å²) in [5.41, 5.74) is 1.83. The van der Waals surface area contributed by atoms with E-state index in [-0.39, 0.29) is 35.5 Å². The molecule has 27 heavy (non-hydrogen) atoms. The number of hydrogen-bond acceptors (Lipinski definition) is 4. The molecule has 0 radical (unpaired) electrons. The summed E-state index contributed by atoms with van der Waals surface area (Å²) in [6.07, 6.45) is 5.39. The topological polar surface area (TPSA) is 63.7 Å². The van der Waals surface area contributed by atoms with Gasteiger partial charge in [-0.25, -0.2) is 4.79 Å². The monoisotopic (exact) mass is 365 g/mol. The molecule has 1 aliphatic heterocycles. The Hall–Kier alpha value is -2.43. The Morgan fingerprint density at radius 2 is 1.67 bits per heavy atom. The van der Waals surface area contributed by atoms with Crippen molar-refractivity contribution in [2.75, 3.05) is 0 Å². The molecule has 1 aromatic carbocycles. The predicted molar refractivity (Wildman–Crippen MR) is 97.6 cm³/mol. The van der Waals surface area contributed by atoms with E-state index < -0.39 is 12.0 Å². The summed E-state index contributed by atoms with van der Waals surface area (Å²) in [6, 6.07) is 4.72. The molecular formula is C22H23NO4. The van der Waals surface area contributed by atoms with E-state index in [1.807, 2.05) is 26.0 Å². The number of amides is 2. The van der Waals surface area contributed by atoms with Gasteiger partial charge < -0.3 is 4.74 Å². The van der Waals surface area contributed by atoms with E-state index in [0.717, 1.165) is 17.5 Å². The predicted octanol–water partition coefficient (Wildman–Crippen LogP) is 2.65. The Balaban J connectivity index is 1.39. The molecule has 1 aromatic rings. The zero-order valence-electron chi connectivity index (χ0n) is 15.7. The summed E-state index contributed by atoms with van der Waals surface area (Å²) in [7, 11) is 0. The van der Waals surface area contributed by atoms with Crippen molar-refractivity contribution in [3.63, 3.8) is 0 Å². The molecule has 2 amide bonds. The maximum atomic E-state index is 13.1. The molecular weight excluding hydrogens is 342 g/mol. The zero-order valence-corrected chi connectivity index (χ0v) is 15.7. The van der Waals surface area contributed by atoms with E-state index in [1.165, 1.54) is 4.90 Å². The molecule has 5 aliphatic rings. The first kappa shape index (κ1) is 16.7. The lowest BCUT2D eigenvalue weighted by atomic mass is 9.63. The molecule has 0 unspecified atom stereocenters. The number of nitrogens with zero attached hydrogens (tertiary/aromatic N) is 1. The van der Waals surface area contributed by atoms with Crippen molar-refractivity contribution < 1.29 is 19.1 Å². The quantitative estimate of drug-likeness (QED) is 0.358. The molecule has 0 N–H and O–H groups in total. The Kier molecular flexibility index (Phi) is 3.43. The van der Waals surface area contributed by atoms with Gasteiger partial charge in [0.05, 0.1) is 11.8 Å². The zero-order chi connectivity index (χ0) is 19.0. The summed E-state index contributed by atoms with van der Waals surface area (Å²) in [6.45, 7) is 5.38. The van der Waals surface area contributed by atoms with Gasteiger partial charge in [0.25, 0.3) is 0 Å². The van der Waals surface area contributed by atoms with Crippen LogP contribution < -0.4 is 4.74 Å². The van der Waals surface area contributed by atoms with Gasteiger partial charge in [0.15, 0.2) is 0 Å². The number of carbonyl (C=O) groups is 3. The van der Waals surface area contributed by atoms with Crippen LogP contribution in [0.3, 0.4) is 0 Å². The minimum Gasteiger partial charge on any atom is -0.425 e. The third-order valence-electron chi connectivity index (χ3n) is 6.98. The van der Waals surface area contributed by atoms with E-state index in [4.69, 9.17) is 4.74 Å². The van der Waals surface area contributed by atoms with Crippen LogP contribution in [-0.2, 0) is 14.4 Å². The fourth-order valence-electron chi connectivity index (χ4n) is 5.48. The minimum atomic E-state index is -0.911. The molecule has 4 aliphatic carbocycles. The average Bonchev–Trinajstić information content (AvgIpc) is 3.42. The van der Waals surface area contributed by atoms with Crippen molar-refractivity contribution in [2.45, 2.75) is 33.2 Å². The Morgan fingerprint density at radius 1 is 1.07 bits per heavy atom. The van der Waals surface area contributed by atoms with Gasteiger partial charge in [0, 0.05) is 0 Å². The Morgan fingerprint density at radius 3 is 2.26 bits per heavy atom. The third kappa shape index (κ3) is 2.27. The summed E-state index contributed by atoms with van der Waals surface area (Å²) in [5.74, 6) is 0.383. The number of esters is 1. The molecule has 1 saturated heterocycles. The number of carbonyl (C=O) groups excluding carboxylic acids is 3. The summed E-state index contributed by atoms with van der Waals surface area (Å²) in [5, 5.41) is 0. The second-order valence-corrected chi connectivity index (χ2v) is 8.57. The van der Waals surface area contributed by atoms with Crippen LogP contribution in [-0.4, -0.2) is 28.7 Å². The lowest BCUT2D eigenvalue weighted by Crippen LogP contribution is -2.45. The number of allylic oxidation sites excluding steroid dienone is 2. The largest absolute Gasteiger partial charge is 0.425 e. The number of rotatable bonds is 3. The smallest absolute Gasteiger partial charge is 0.334 e. The first-order valence-electron chi connectivity index (χ1n) is 9.72. The number of hydrogen-bond donors (Lipinski definition) is 0. The van der Waals surface area contributed by atoms with Crippen LogP contribution in [0.1, 0.15) is 24.5 Å². The van der Waals surface area contributed by atoms with Crippen LogP contribution in [0.5, 0.6) is 5.75 Å². The molecule has 7 atom stereocenters. The van der Waals surface area contributed by atoms with E-state index >= 15 is 0 Å². The number of ether oxygens (including phenoxy) is 1. The molecule has 6 rings (SSSR count). The minimum absolute atomic E-state index is 0.161. The van der Waals surface area contributed by atoms with Gasteiger partial charge in [-0.05, 0) is 68.1 Å². The number of imide groups is 1. The van der Waals surface area contributed by atoms with Crippen LogP contribution in [0.4, 0.5) is 0 Å². The van der Waals surface area contributed by atoms with Gasteiger partial charge in [-0.1, -0.05) is 24.3 Å². The molecule has 140 valence electrons. The first-order chi connectivity index (χ1) is 12.9. The second-order valence-electron chi connectivity index (χ2n) is 8.57. The molecule has 2 saturated carbocycles. The highest BCUT2D eigenvalue weighted by atomic mass is 16.5. The van der Waals surface area contributed by atoms with Crippen LogP contribution in [0.15, 0.2) is 30.4 Å². The molecule has 5 heteroatoms. The second kappa shape index (κ2) is 5.54. The normalized spacial score (nSPS) is 36.5. The van der Waals surface area contributed by atoms with Crippen LogP contribution in [0.25, 0.3) is 0 Å². The molecule has 2 bridgehead atoms. The maximum Gasteiger partial charge on any atom is 0.334 e. The van der Waals surface area contributed by atoms with E-state index in [2.05, 4.69) is 12.2 Å². The molecule has 0 spiro atoms. The highest BCUT2D eigenvalue weighted by molar-refractivity contribution is 6.08. The standard InChI is InChI=1S/C22H23NO4/c1-10-4-5-11(2)17(8-10)27-22(26)12(3)23-20(24)18-13-6-7-14(16-9-15(13)16)19(18)21(23)25/h4-8,12-16,18-19H,9H2,1-3H3/t12-,13+,14+,15-,16+,18-,19-/m0/s1. The van der Waals surface area contributed by atoms with Crippen LogP contribution >= 0.6 is 0 Å². The van der Waals surface area contributed by atoms with Crippen molar-refractivity contribution in [3.8, 4) is 5.75 Å². The number of benzene rings is 1. The van der Waals surface area contributed by atoms with Crippen molar-refractivity contribution in [1.29, 1.82) is 0 Å². The number of aryl methyl sites for hydroxylation is 2. The Bertz CT molecular complexity index is 868. The van der Waals surface area contributed by atoms with Crippen molar-refractivity contribution >= 4 is 17.8 Å². The molecule has 0 aromatic heterocycles. The van der Waals surface area contributed by atoms with Gasteiger partial charge in [0.1, 0.15) is 11.8 Å². The van der Waals surface area contributed by atoms with E-state index in [9.17, 15) is 14.4 Å². The van der Waals surface area contributed by atoms with Gasteiger partial charge in [-0.2, -0.15) is 0 Å². The summed E-state index contributed by atoms with van der Waals surface area (Å²) in [4.78, 5) is 40.1. The molecule has 5 nitrogen and oxygen atoms in total.